The van der Waals surface area contributed by atoms with Crippen LogP contribution in [0.15, 0.2) is 27.6 Å². The fourth-order valence-corrected chi connectivity index (χ4v) is 1.76. The summed E-state index contributed by atoms with van der Waals surface area (Å²) in [6.45, 7) is 0. The van der Waals surface area contributed by atoms with Crippen molar-refractivity contribution in [3.8, 4) is 0 Å². The lowest BCUT2D eigenvalue weighted by molar-refractivity contribution is -0.0328. The zero-order valence-corrected chi connectivity index (χ0v) is 8.43. The molecule has 0 spiro atoms. The van der Waals surface area contributed by atoms with E-state index in [4.69, 9.17) is 0 Å². The van der Waals surface area contributed by atoms with E-state index in [1.807, 2.05) is 0 Å². The van der Waals surface area contributed by atoms with Crippen LogP contribution in [0.5, 0.6) is 0 Å². The molecule has 1 aromatic carbocycles. The zero-order chi connectivity index (χ0) is 10.1. The van der Waals surface area contributed by atoms with Crippen molar-refractivity contribution in [2.75, 3.05) is 0 Å². The maximum atomic E-state index is 12.5. The number of alkyl halides is 3. The highest BCUT2D eigenvalue weighted by Crippen LogP contribution is 2.40. The van der Waals surface area contributed by atoms with Crippen molar-refractivity contribution in [1.29, 1.82) is 0 Å². The van der Waals surface area contributed by atoms with Gasteiger partial charge >= 0.3 is 5.51 Å². The number of thioether (sulfide) groups is 1. The number of halogens is 5. The molecule has 0 amide bonds. The summed E-state index contributed by atoms with van der Waals surface area (Å²) in [5, 5.41) is 0. The van der Waals surface area contributed by atoms with Gasteiger partial charge in [0.15, 0.2) is 0 Å². The minimum absolute atomic E-state index is 0.174. The van der Waals surface area contributed by atoms with Crippen LogP contribution in [-0.4, -0.2) is 5.51 Å². The highest BCUT2D eigenvalue weighted by atomic mass is 79.9. The summed E-state index contributed by atoms with van der Waals surface area (Å²) in [6.07, 6.45) is 0. The fraction of sp³-hybridized carbons (Fsp3) is 0.143. The standard InChI is InChI=1S/C7H3BrF4S/c8-5-2-1-4(9)3-6(5)13-7(10,11)12/h1-3H. The van der Waals surface area contributed by atoms with Gasteiger partial charge in [0.05, 0.1) is 0 Å². The summed E-state index contributed by atoms with van der Waals surface area (Å²) in [5.41, 5.74) is -4.39. The summed E-state index contributed by atoms with van der Waals surface area (Å²) in [4.78, 5) is -0.174. The van der Waals surface area contributed by atoms with Crippen LogP contribution < -0.4 is 0 Å². The quantitative estimate of drug-likeness (QED) is 0.546. The van der Waals surface area contributed by atoms with Crippen molar-refractivity contribution in [3.63, 3.8) is 0 Å². The molecule has 0 heterocycles. The molecule has 0 N–H and O–H groups in total. The highest BCUT2D eigenvalue weighted by Gasteiger charge is 2.30. The summed E-state index contributed by atoms with van der Waals surface area (Å²) < 4.78 is 48.4. The average molecular weight is 275 g/mol. The molecule has 0 bridgehead atoms. The SMILES string of the molecule is Fc1ccc(Br)c(SC(F)(F)F)c1. The second kappa shape index (κ2) is 3.88. The molecule has 13 heavy (non-hydrogen) atoms. The van der Waals surface area contributed by atoms with E-state index >= 15 is 0 Å². The molecule has 1 rings (SSSR count). The molecule has 0 radical (unpaired) electrons. The molecule has 0 unspecified atom stereocenters. The van der Waals surface area contributed by atoms with E-state index in [-0.39, 0.29) is 21.1 Å². The van der Waals surface area contributed by atoms with Gasteiger partial charge in [-0.2, -0.15) is 13.2 Å². The van der Waals surface area contributed by atoms with E-state index in [1.165, 1.54) is 6.07 Å². The first-order valence-corrected chi connectivity index (χ1v) is 4.70. The lowest BCUT2D eigenvalue weighted by Gasteiger charge is -2.06. The summed E-state index contributed by atoms with van der Waals surface area (Å²) in [7, 11) is 0. The Morgan fingerprint density at radius 2 is 1.85 bits per heavy atom. The van der Waals surface area contributed by atoms with Crippen molar-refractivity contribution in [1.82, 2.24) is 0 Å². The molecule has 0 nitrogen and oxygen atoms in total. The van der Waals surface area contributed by atoms with E-state index in [0.717, 1.165) is 12.1 Å². The summed E-state index contributed by atoms with van der Waals surface area (Å²) in [5.74, 6) is -0.685. The molecule has 0 atom stereocenters. The van der Waals surface area contributed by atoms with E-state index in [9.17, 15) is 17.6 Å². The minimum atomic E-state index is -4.39. The Labute approximate surface area is 84.4 Å². The zero-order valence-electron chi connectivity index (χ0n) is 6.03. The Kier molecular flexibility index (Phi) is 3.23. The lowest BCUT2D eigenvalue weighted by Crippen LogP contribution is -1.99. The molecular formula is C7H3BrF4S. The topological polar surface area (TPSA) is 0 Å². The molecule has 0 aromatic heterocycles. The molecule has 0 saturated carbocycles. The van der Waals surface area contributed by atoms with Crippen LogP contribution >= 0.6 is 27.7 Å². The van der Waals surface area contributed by atoms with Crippen molar-refractivity contribution < 1.29 is 17.6 Å². The predicted octanol–water partition coefficient (Wildman–Crippen LogP) is 4.20. The van der Waals surface area contributed by atoms with Gasteiger partial charge in [-0.05, 0) is 45.9 Å². The van der Waals surface area contributed by atoms with Gasteiger partial charge in [-0.15, -0.1) is 0 Å². The van der Waals surface area contributed by atoms with E-state index in [0.29, 0.717) is 0 Å². The minimum Gasteiger partial charge on any atom is -0.207 e. The molecular weight excluding hydrogens is 272 g/mol. The Bertz CT molecular complexity index is 310. The van der Waals surface area contributed by atoms with E-state index < -0.39 is 11.3 Å². The molecule has 0 aliphatic heterocycles. The number of rotatable bonds is 1. The number of hydrogen-bond donors (Lipinski definition) is 0. The molecule has 0 fully saturated rings. The second-order valence-electron chi connectivity index (χ2n) is 2.12. The summed E-state index contributed by atoms with van der Waals surface area (Å²) in [6, 6.07) is 3.16. The maximum absolute atomic E-state index is 12.5. The van der Waals surface area contributed by atoms with Crippen LogP contribution in [0, 0.1) is 5.82 Å². The van der Waals surface area contributed by atoms with Crippen LogP contribution in [0.4, 0.5) is 17.6 Å². The molecule has 0 aliphatic carbocycles. The van der Waals surface area contributed by atoms with Gasteiger partial charge < -0.3 is 0 Å². The fourth-order valence-electron chi connectivity index (χ4n) is 0.680. The van der Waals surface area contributed by atoms with Crippen LogP contribution in [0.1, 0.15) is 0 Å². The van der Waals surface area contributed by atoms with Crippen molar-refractivity contribution in [3.05, 3.63) is 28.5 Å². The Hall–Kier alpha value is -0.230. The van der Waals surface area contributed by atoms with Gasteiger partial charge in [-0.3, -0.25) is 0 Å². The van der Waals surface area contributed by atoms with Crippen LogP contribution in [-0.2, 0) is 0 Å². The van der Waals surface area contributed by atoms with Crippen molar-refractivity contribution in [2.24, 2.45) is 0 Å². The highest BCUT2D eigenvalue weighted by molar-refractivity contribution is 9.10. The van der Waals surface area contributed by atoms with Crippen molar-refractivity contribution in [2.45, 2.75) is 10.4 Å². The molecule has 72 valence electrons. The van der Waals surface area contributed by atoms with Crippen LogP contribution in [0.3, 0.4) is 0 Å². The van der Waals surface area contributed by atoms with Gasteiger partial charge in [-0.1, -0.05) is 0 Å². The van der Waals surface area contributed by atoms with Crippen LogP contribution in [0.2, 0.25) is 0 Å². The molecule has 0 saturated heterocycles. The third-order valence-corrected chi connectivity index (χ3v) is 2.86. The van der Waals surface area contributed by atoms with E-state index in [1.54, 1.807) is 0 Å². The van der Waals surface area contributed by atoms with Crippen molar-refractivity contribution >= 4 is 27.7 Å². The predicted molar refractivity (Wildman–Crippen MR) is 46.0 cm³/mol. The molecule has 1 aromatic rings. The van der Waals surface area contributed by atoms with Gasteiger partial charge in [0.2, 0.25) is 0 Å². The van der Waals surface area contributed by atoms with Gasteiger partial charge in [0.1, 0.15) is 5.82 Å². The Morgan fingerprint density at radius 3 is 2.38 bits per heavy atom. The first-order valence-electron chi connectivity index (χ1n) is 3.09. The Balaban J connectivity index is 2.94. The molecule has 6 heteroatoms. The Morgan fingerprint density at radius 1 is 1.23 bits per heavy atom. The first kappa shape index (κ1) is 10.8. The monoisotopic (exact) mass is 274 g/mol. The lowest BCUT2D eigenvalue weighted by atomic mass is 10.3. The van der Waals surface area contributed by atoms with E-state index in [2.05, 4.69) is 15.9 Å². The van der Waals surface area contributed by atoms with Crippen LogP contribution in [0.25, 0.3) is 0 Å². The second-order valence-corrected chi connectivity index (χ2v) is 4.08. The smallest absolute Gasteiger partial charge is 0.207 e. The van der Waals surface area contributed by atoms with Gasteiger partial charge in [0, 0.05) is 9.37 Å². The number of hydrogen-bond acceptors (Lipinski definition) is 1. The van der Waals surface area contributed by atoms with Gasteiger partial charge in [-0.25, -0.2) is 4.39 Å². The number of benzene rings is 1. The first-order chi connectivity index (χ1) is 5.88. The third kappa shape index (κ3) is 3.56. The largest absolute Gasteiger partial charge is 0.446 e. The van der Waals surface area contributed by atoms with Gasteiger partial charge in [0.25, 0.3) is 0 Å². The molecule has 0 aliphatic rings. The normalized spacial score (nSPS) is 11.8. The summed E-state index contributed by atoms with van der Waals surface area (Å²) >= 11 is 2.55. The third-order valence-electron chi connectivity index (χ3n) is 1.12. The maximum Gasteiger partial charge on any atom is 0.446 e. The average Bonchev–Trinajstić information content (AvgIpc) is 1.94.